The zero-order valence-corrected chi connectivity index (χ0v) is 18.1. The Morgan fingerprint density at radius 3 is 2.59 bits per heavy atom. The minimum absolute atomic E-state index is 0.0459. The molecule has 1 unspecified atom stereocenters. The number of rotatable bonds is 5. The summed E-state index contributed by atoms with van der Waals surface area (Å²) >= 11 is 0. The number of H-pyrrole nitrogens is 2. The molecule has 0 bridgehead atoms. The van der Waals surface area contributed by atoms with E-state index in [9.17, 15) is 16.8 Å². The summed E-state index contributed by atoms with van der Waals surface area (Å²) < 4.78 is 52.4. The molecule has 14 heteroatoms. The third-order valence-electron chi connectivity index (χ3n) is 5.50. The molecule has 5 rings (SSSR count). The van der Waals surface area contributed by atoms with Crippen molar-refractivity contribution in [2.24, 2.45) is 5.14 Å². The van der Waals surface area contributed by atoms with E-state index in [-0.39, 0.29) is 22.8 Å². The number of fused-ring (bicyclic) bond motifs is 1. The molecule has 4 aromatic rings. The number of nitrogens with zero attached hydrogens (tertiary/aromatic N) is 4. The fourth-order valence-electron chi connectivity index (χ4n) is 4.05. The highest BCUT2D eigenvalue weighted by Crippen LogP contribution is 2.41. The molecule has 0 spiro atoms. The Morgan fingerprint density at radius 2 is 1.91 bits per heavy atom. The first kappa shape index (κ1) is 20.7. The van der Waals surface area contributed by atoms with Crippen molar-refractivity contribution in [3.63, 3.8) is 0 Å². The van der Waals surface area contributed by atoms with Crippen LogP contribution in [0.25, 0.3) is 33.4 Å². The molecule has 3 heterocycles. The lowest BCUT2D eigenvalue weighted by Crippen LogP contribution is -2.27. The second-order valence-corrected chi connectivity index (χ2v) is 11.1. The summed E-state index contributed by atoms with van der Waals surface area (Å²) in [5, 5.41) is 29.2. The normalized spacial score (nSPS) is 17.2. The van der Waals surface area contributed by atoms with Gasteiger partial charge in [0.15, 0.2) is 9.84 Å². The molecule has 0 amide bonds. The first-order chi connectivity index (χ1) is 15.3. The van der Waals surface area contributed by atoms with E-state index < -0.39 is 30.0 Å². The van der Waals surface area contributed by atoms with Gasteiger partial charge in [0.05, 0.1) is 27.4 Å². The van der Waals surface area contributed by atoms with Crippen molar-refractivity contribution in [2.75, 3.05) is 13.1 Å². The molecule has 1 aliphatic rings. The molecule has 0 aliphatic carbocycles. The average molecular weight is 475 g/mol. The van der Waals surface area contributed by atoms with Gasteiger partial charge in [0, 0.05) is 17.5 Å². The smallest absolute Gasteiger partial charge is 0.240 e. The van der Waals surface area contributed by atoms with Crippen molar-refractivity contribution < 1.29 is 16.8 Å². The van der Waals surface area contributed by atoms with Crippen LogP contribution >= 0.6 is 0 Å². The van der Waals surface area contributed by atoms with Gasteiger partial charge in [-0.2, -0.15) is 10.3 Å². The Hall–Kier alpha value is -3.20. The van der Waals surface area contributed by atoms with Crippen LogP contribution in [0.4, 0.5) is 0 Å². The summed E-state index contributed by atoms with van der Waals surface area (Å²) in [5.74, 6) is -0.0952. The predicted octanol–water partition coefficient (Wildman–Crippen LogP) is 0.193. The Bertz CT molecular complexity index is 1520. The van der Waals surface area contributed by atoms with Crippen molar-refractivity contribution in [2.45, 2.75) is 21.5 Å². The SMILES string of the molecule is NS(=O)(=O)c1c(S(=O)(=O)C2CCNC2)ccc(-c2cccc3cn[nH]c23)c1-c1nn[nH]n1. The molecule has 0 saturated carbocycles. The first-order valence-electron chi connectivity index (χ1n) is 9.59. The maximum absolute atomic E-state index is 13.4. The maximum atomic E-state index is 13.4. The van der Waals surface area contributed by atoms with Crippen LogP contribution in [-0.2, 0) is 19.9 Å². The summed E-state index contributed by atoms with van der Waals surface area (Å²) in [6.07, 6.45) is 1.98. The van der Waals surface area contributed by atoms with E-state index in [1.807, 2.05) is 6.07 Å². The number of primary sulfonamides is 1. The molecule has 1 fully saturated rings. The molecular weight excluding hydrogens is 456 g/mol. The zero-order chi connectivity index (χ0) is 22.5. The van der Waals surface area contributed by atoms with Crippen molar-refractivity contribution >= 4 is 30.8 Å². The Kier molecular flexibility index (Phi) is 4.81. The molecule has 5 N–H and O–H groups in total. The number of nitrogens with one attached hydrogen (secondary N) is 3. The molecular formula is C18H18N8O4S2. The molecule has 1 saturated heterocycles. The fourth-order valence-corrected chi connectivity index (χ4v) is 7.32. The monoisotopic (exact) mass is 474 g/mol. The molecule has 2 aromatic heterocycles. The minimum atomic E-state index is -4.52. The van der Waals surface area contributed by atoms with E-state index in [2.05, 4.69) is 36.1 Å². The van der Waals surface area contributed by atoms with Crippen molar-refractivity contribution in [3.05, 3.63) is 36.5 Å². The zero-order valence-electron chi connectivity index (χ0n) is 16.5. The maximum Gasteiger partial charge on any atom is 0.240 e. The van der Waals surface area contributed by atoms with Gasteiger partial charge in [-0.3, -0.25) is 5.10 Å². The Balaban J connectivity index is 1.89. The fraction of sp³-hybridized carbons (Fsp3) is 0.222. The second-order valence-electron chi connectivity index (χ2n) is 7.40. The second kappa shape index (κ2) is 7.44. The van der Waals surface area contributed by atoms with Gasteiger partial charge in [-0.25, -0.2) is 22.0 Å². The number of para-hydroxylation sites is 1. The largest absolute Gasteiger partial charge is 0.315 e. The van der Waals surface area contributed by atoms with Gasteiger partial charge in [-0.15, -0.1) is 10.2 Å². The van der Waals surface area contributed by atoms with Gasteiger partial charge in [0.1, 0.15) is 4.90 Å². The van der Waals surface area contributed by atoms with Crippen LogP contribution in [-0.4, -0.2) is 66.0 Å². The number of aromatic nitrogens is 6. The standard InChI is InChI=1S/C18H18N8O4S2/c19-32(29,30)17-14(31(27,28)11-6-7-20-9-11)5-4-12(15(17)18-23-25-26-24-18)13-3-1-2-10-8-21-22-16(10)13/h1-5,8,11,20H,6-7,9H2,(H,21,22)(H2,19,29,30)(H,23,24,25,26). The van der Waals surface area contributed by atoms with E-state index in [0.29, 0.717) is 29.6 Å². The molecule has 12 nitrogen and oxygen atoms in total. The number of sulfonamides is 1. The molecule has 166 valence electrons. The summed E-state index contributed by atoms with van der Waals surface area (Å²) in [6.45, 7) is 0.741. The topological polar surface area (TPSA) is 189 Å². The van der Waals surface area contributed by atoms with E-state index in [4.69, 9.17) is 5.14 Å². The lowest BCUT2D eigenvalue weighted by atomic mass is 9.97. The number of hydrogen-bond donors (Lipinski definition) is 4. The van der Waals surface area contributed by atoms with Crippen LogP contribution in [0.5, 0.6) is 0 Å². The van der Waals surface area contributed by atoms with Gasteiger partial charge in [0.25, 0.3) is 0 Å². The highest BCUT2D eigenvalue weighted by atomic mass is 32.2. The predicted molar refractivity (Wildman–Crippen MR) is 115 cm³/mol. The highest BCUT2D eigenvalue weighted by molar-refractivity contribution is 7.94. The summed E-state index contributed by atoms with van der Waals surface area (Å²) in [6, 6.07) is 8.18. The Morgan fingerprint density at radius 1 is 1.06 bits per heavy atom. The van der Waals surface area contributed by atoms with Crippen LogP contribution in [0, 0.1) is 0 Å². The molecule has 1 atom stereocenters. The first-order valence-corrected chi connectivity index (χ1v) is 12.7. The minimum Gasteiger partial charge on any atom is -0.315 e. The lowest BCUT2D eigenvalue weighted by Gasteiger charge is -2.18. The number of benzene rings is 2. The van der Waals surface area contributed by atoms with Gasteiger partial charge in [0.2, 0.25) is 15.8 Å². The molecule has 2 aromatic carbocycles. The van der Waals surface area contributed by atoms with Crippen LogP contribution in [0.2, 0.25) is 0 Å². The van der Waals surface area contributed by atoms with Gasteiger partial charge in [-0.05, 0) is 29.8 Å². The average Bonchev–Trinajstić information content (AvgIpc) is 3.54. The van der Waals surface area contributed by atoms with Crippen molar-refractivity contribution in [3.8, 4) is 22.5 Å². The van der Waals surface area contributed by atoms with E-state index >= 15 is 0 Å². The summed E-state index contributed by atoms with van der Waals surface area (Å²) in [4.78, 5) is -0.936. The summed E-state index contributed by atoms with van der Waals surface area (Å²) in [5.41, 5.74) is 1.54. The quantitative estimate of drug-likeness (QED) is 0.313. The van der Waals surface area contributed by atoms with Gasteiger partial charge >= 0.3 is 0 Å². The van der Waals surface area contributed by atoms with Crippen LogP contribution in [0.1, 0.15) is 6.42 Å². The van der Waals surface area contributed by atoms with E-state index in [1.54, 1.807) is 18.3 Å². The number of sulfone groups is 1. The third-order valence-corrected chi connectivity index (χ3v) is 8.86. The number of nitrogens with two attached hydrogens (primary N) is 1. The number of aromatic amines is 2. The van der Waals surface area contributed by atoms with Gasteiger partial charge < -0.3 is 5.32 Å². The summed E-state index contributed by atoms with van der Waals surface area (Å²) in [7, 11) is -8.55. The van der Waals surface area contributed by atoms with Crippen LogP contribution in [0.15, 0.2) is 46.3 Å². The lowest BCUT2D eigenvalue weighted by molar-refractivity contribution is 0.574. The number of tetrazole rings is 1. The molecule has 0 radical (unpaired) electrons. The van der Waals surface area contributed by atoms with Crippen molar-refractivity contribution in [1.29, 1.82) is 0 Å². The molecule has 1 aliphatic heterocycles. The molecule has 32 heavy (non-hydrogen) atoms. The van der Waals surface area contributed by atoms with Crippen LogP contribution < -0.4 is 10.5 Å². The Labute approximate surface area is 182 Å². The van der Waals surface area contributed by atoms with Crippen LogP contribution in [0.3, 0.4) is 0 Å². The van der Waals surface area contributed by atoms with E-state index in [0.717, 1.165) is 5.39 Å². The highest BCUT2D eigenvalue weighted by Gasteiger charge is 2.37. The van der Waals surface area contributed by atoms with Gasteiger partial charge in [-0.1, -0.05) is 24.3 Å². The number of hydrogen-bond acceptors (Lipinski definition) is 9. The van der Waals surface area contributed by atoms with Crippen molar-refractivity contribution in [1.82, 2.24) is 36.1 Å². The van der Waals surface area contributed by atoms with E-state index in [1.165, 1.54) is 12.1 Å². The third kappa shape index (κ3) is 3.28.